The second-order valence-corrected chi connectivity index (χ2v) is 6.03. The number of rotatable bonds is 6. The van der Waals surface area contributed by atoms with E-state index < -0.39 is 17.7 Å². The van der Waals surface area contributed by atoms with Crippen molar-refractivity contribution in [3.05, 3.63) is 59.8 Å². The van der Waals surface area contributed by atoms with Crippen LogP contribution in [0.3, 0.4) is 0 Å². The number of aromatic nitrogens is 1. The van der Waals surface area contributed by atoms with Gasteiger partial charge in [-0.05, 0) is 36.8 Å². The van der Waals surface area contributed by atoms with Gasteiger partial charge in [0, 0.05) is 22.8 Å². The summed E-state index contributed by atoms with van der Waals surface area (Å²) in [6, 6.07) is 10.1. The maximum Gasteiger partial charge on any atom is 0.418 e. The number of carbonyl (C=O) groups is 1. The van der Waals surface area contributed by atoms with Crippen molar-refractivity contribution in [1.29, 1.82) is 0 Å². The van der Waals surface area contributed by atoms with Gasteiger partial charge in [0.2, 0.25) is 0 Å². The van der Waals surface area contributed by atoms with Crippen LogP contribution in [0.4, 0.5) is 24.5 Å². The number of halogens is 3. The monoisotopic (exact) mass is 389 g/mol. The number of carboxylic acid groups (broad SMARTS) is 1. The van der Waals surface area contributed by atoms with Crippen LogP contribution in [0, 0.1) is 0 Å². The van der Waals surface area contributed by atoms with Crippen LogP contribution in [0.2, 0.25) is 0 Å². The largest absolute Gasteiger partial charge is 0.545 e. The summed E-state index contributed by atoms with van der Waals surface area (Å²) in [5.41, 5.74) is -1.15. The molecule has 0 saturated carbocycles. The molecule has 0 saturated heterocycles. The lowest BCUT2D eigenvalue weighted by atomic mass is 10.0. The number of para-hydroxylation sites is 1. The summed E-state index contributed by atoms with van der Waals surface area (Å²) in [6.45, 7) is 2.53. The number of hydrogen-bond donors (Lipinski definition) is 1. The van der Waals surface area contributed by atoms with E-state index in [1.165, 1.54) is 12.1 Å². The Morgan fingerprint density at radius 2 is 1.89 bits per heavy atom. The molecule has 0 atom stereocenters. The Bertz CT molecular complexity index is 1000. The van der Waals surface area contributed by atoms with Gasteiger partial charge in [-0.25, -0.2) is 0 Å². The molecule has 1 N–H and O–H groups in total. The van der Waals surface area contributed by atoms with E-state index in [1.807, 2.05) is 6.92 Å². The van der Waals surface area contributed by atoms with Gasteiger partial charge >= 0.3 is 6.18 Å². The van der Waals surface area contributed by atoms with Crippen LogP contribution < -0.4 is 15.2 Å². The molecule has 0 aliphatic rings. The quantitative estimate of drug-likeness (QED) is 0.686. The number of carboxylic acids is 1. The van der Waals surface area contributed by atoms with E-state index in [0.29, 0.717) is 18.0 Å². The fraction of sp³-hybridized carbons (Fsp3) is 0.200. The maximum absolute atomic E-state index is 13.3. The summed E-state index contributed by atoms with van der Waals surface area (Å²) < 4.78 is 45.3. The molecule has 8 heteroatoms. The zero-order valence-electron chi connectivity index (χ0n) is 14.8. The van der Waals surface area contributed by atoms with E-state index in [0.717, 1.165) is 18.7 Å². The van der Waals surface area contributed by atoms with Gasteiger partial charge in [0.25, 0.3) is 0 Å². The number of alkyl halides is 3. The highest BCUT2D eigenvalue weighted by Gasteiger charge is 2.33. The van der Waals surface area contributed by atoms with E-state index in [9.17, 15) is 23.1 Å². The van der Waals surface area contributed by atoms with Crippen molar-refractivity contribution in [2.75, 3.05) is 11.9 Å². The van der Waals surface area contributed by atoms with Crippen molar-refractivity contribution < 1.29 is 27.8 Å². The first-order chi connectivity index (χ1) is 13.3. The number of aromatic carboxylic acids is 1. The van der Waals surface area contributed by atoms with Crippen molar-refractivity contribution in [2.24, 2.45) is 0 Å². The third-order valence-electron chi connectivity index (χ3n) is 4.02. The Balaban J connectivity index is 2.08. The van der Waals surface area contributed by atoms with Crippen molar-refractivity contribution in [3.8, 4) is 5.75 Å². The summed E-state index contributed by atoms with van der Waals surface area (Å²) in [7, 11) is 0. The second-order valence-electron chi connectivity index (χ2n) is 6.03. The molecular formula is C20H16F3N2O3-. The van der Waals surface area contributed by atoms with Crippen LogP contribution in [0.25, 0.3) is 10.9 Å². The summed E-state index contributed by atoms with van der Waals surface area (Å²) in [5.74, 6) is -0.913. The molecule has 0 spiro atoms. The van der Waals surface area contributed by atoms with Crippen LogP contribution in [-0.4, -0.2) is 17.6 Å². The lowest BCUT2D eigenvalue weighted by molar-refractivity contribution is -0.254. The number of hydrogen-bond acceptors (Lipinski definition) is 5. The zero-order chi connectivity index (χ0) is 20.3. The molecule has 1 aromatic heterocycles. The topological polar surface area (TPSA) is 74.3 Å². The average Bonchev–Trinajstić information content (AvgIpc) is 2.66. The lowest BCUT2D eigenvalue weighted by Gasteiger charge is -2.17. The zero-order valence-corrected chi connectivity index (χ0v) is 14.8. The predicted octanol–water partition coefficient (Wildman–Crippen LogP) is 4.15. The smallest absolute Gasteiger partial charge is 0.418 e. The van der Waals surface area contributed by atoms with Crippen molar-refractivity contribution >= 4 is 28.2 Å². The van der Waals surface area contributed by atoms with E-state index in [4.69, 9.17) is 4.74 Å². The summed E-state index contributed by atoms with van der Waals surface area (Å²) in [4.78, 5) is 15.2. The Labute approximate surface area is 158 Å². The molecule has 2 aromatic carbocycles. The molecule has 3 rings (SSSR count). The SMILES string of the molecule is CCCOc1ccc(Nc2c(C(=O)[O-])cnc3c(C(F)(F)F)cccc23)cc1. The lowest BCUT2D eigenvalue weighted by Crippen LogP contribution is -2.24. The van der Waals surface area contributed by atoms with Gasteiger partial charge < -0.3 is 20.0 Å². The van der Waals surface area contributed by atoms with Gasteiger partial charge in [-0.2, -0.15) is 13.2 Å². The number of pyridine rings is 1. The molecule has 28 heavy (non-hydrogen) atoms. The molecule has 5 nitrogen and oxygen atoms in total. The molecule has 1 heterocycles. The van der Waals surface area contributed by atoms with Crippen LogP contribution in [-0.2, 0) is 6.18 Å². The number of nitrogens with zero attached hydrogens (tertiary/aromatic N) is 1. The molecule has 0 bridgehead atoms. The maximum atomic E-state index is 13.3. The Morgan fingerprint density at radius 1 is 1.18 bits per heavy atom. The van der Waals surface area contributed by atoms with E-state index in [2.05, 4.69) is 10.3 Å². The van der Waals surface area contributed by atoms with Crippen LogP contribution in [0.15, 0.2) is 48.7 Å². The first-order valence-corrected chi connectivity index (χ1v) is 8.51. The van der Waals surface area contributed by atoms with Crippen molar-refractivity contribution in [1.82, 2.24) is 4.98 Å². The third kappa shape index (κ3) is 4.00. The first-order valence-electron chi connectivity index (χ1n) is 8.51. The standard InChI is InChI=1S/C20H17F3N2O3/c1-2-10-28-13-8-6-12(7-9-13)25-17-14-4-3-5-16(20(21,22)23)18(14)24-11-15(17)19(26)27/h3-9,11H,2,10H2,1H3,(H,24,25)(H,26,27)/p-1. The summed E-state index contributed by atoms with van der Waals surface area (Å²) in [6.07, 6.45) is -2.90. The number of carbonyl (C=O) groups excluding carboxylic acids is 1. The number of benzene rings is 2. The van der Waals surface area contributed by atoms with E-state index >= 15 is 0 Å². The van der Waals surface area contributed by atoms with Gasteiger partial charge in [-0.1, -0.05) is 19.1 Å². The van der Waals surface area contributed by atoms with Crippen LogP contribution in [0.5, 0.6) is 5.75 Å². The predicted molar refractivity (Wildman–Crippen MR) is 96.6 cm³/mol. The number of anilines is 2. The Hall–Kier alpha value is -3.29. The molecule has 0 aliphatic heterocycles. The minimum absolute atomic E-state index is 0.0154. The van der Waals surface area contributed by atoms with E-state index in [1.54, 1.807) is 24.3 Å². The highest BCUT2D eigenvalue weighted by Crippen LogP contribution is 2.37. The van der Waals surface area contributed by atoms with Gasteiger partial charge in [0.1, 0.15) is 5.75 Å². The average molecular weight is 389 g/mol. The number of fused-ring (bicyclic) bond motifs is 1. The Morgan fingerprint density at radius 3 is 2.50 bits per heavy atom. The molecule has 146 valence electrons. The molecule has 0 radical (unpaired) electrons. The van der Waals surface area contributed by atoms with Crippen LogP contribution >= 0.6 is 0 Å². The normalized spacial score (nSPS) is 11.4. The molecular weight excluding hydrogens is 373 g/mol. The second kappa shape index (κ2) is 7.75. The van der Waals surface area contributed by atoms with Gasteiger partial charge in [0.05, 0.1) is 29.3 Å². The summed E-state index contributed by atoms with van der Waals surface area (Å²) >= 11 is 0. The minimum Gasteiger partial charge on any atom is -0.545 e. The number of nitrogens with one attached hydrogen (secondary N) is 1. The fourth-order valence-electron chi connectivity index (χ4n) is 2.74. The fourth-order valence-corrected chi connectivity index (χ4v) is 2.74. The molecule has 0 aliphatic carbocycles. The third-order valence-corrected chi connectivity index (χ3v) is 4.02. The molecule has 0 unspecified atom stereocenters. The Kier molecular flexibility index (Phi) is 5.39. The molecule has 0 amide bonds. The molecule has 0 fully saturated rings. The van der Waals surface area contributed by atoms with Crippen LogP contribution in [0.1, 0.15) is 29.3 Å². The van der Waals surface area contributed by atoms with Gasteiger partial charge in [-0.15, -0.1) is 0 Å². The highest BCUT2D eigenvalue weighted by atomic mass is 19.4. The van der Waals surface area contributed by atoms with Crippen molar-refractivity contribution in [3.63, 3.8) is 0 Å². The first kappa shape index (κ1) is 19.5. The van der Waals surface area contributed by atoms with E-state index in [-0.39, 0.29) is 22.2 Å². The molecule has 3 aromatic rings. The summed E-state index contributed by atoms with van der Waals surface area (Å²) in [5, 5.41) is 14.4. The van der Waals surface area contributed by atoms with Crippen molar-refractivity contribution in [2.45, 2.75) is 19.5 Å². The van der Waals surface area contributed by atoms with Gasteiger partial charge in [0.15, 0.2) is 0 Å². The minimum atomic E-state index is -4.62. The number of ether oxygens (including phenoxy) is 1. The highest BCUT2D eigenvalue weighted by molar-refractivity contribution is 6.05. The van der Waals surface area contributed by atoms with Gasteiger partial charge in [-0.3, -0.25) is 4.98 Å².